The van der Waals surface area contributed by atoms with E-state index in [0.717, 1.165) is 28.8 Å². The molecular formula is C21H32N2O2. The number of amides is 1. The summed E-state index contributed by atoms with van der Waals surface area (Å²) in [5, 5.41) is 11.8. The molecule has 1 aromatic carbocycles. The first-order valence-electron chi connectivity index (χ1n) is 8.32. The fraction of sp³-hybridized carbons (Fsp3) is 0.333. The third-order valence-electron chi connectivity index (χ3n) is 3.38. The van der Waals surface area contributed by atoms with E-state index in [1.807, 2.05) is 57.2 Å². The Morgan fingerprint density at radius 1 is 1.32 bits per heavy atom. The molecule has 2 N–H and O–H groups in total. The van der Waals surface area contributed by atoms with Gasteiger partial charge in [0.05, 0.1) is 17.9 Å². The molecule has 0 radical (unpaired) electrons. The van der Waals surface area contributed by atoms with Gasteiger partial charge in [0, 0.05) is 14.7 Å². The normalized spacial score (nSPS) is 12.1. The summed E-state index contributed by atoms with van der Waals surface area (Å²) in [6.07, 6.45) is 4.69. The van der Waals surface area contributed by atoms with Crippen LogP contribution in [0.3, 0.4) is 0 Å². The lowest BCUT2D eigenvalue weighted by Crippen LogP contribution is -2.25. The Morgan fingerprint density at radius 3 is 2.28 bits per heavy atom. The molecule has 0 aliphatic rings. The van der Waals surface area contributed by atoms with Crippen molar-refractivity contribution in [1.29, 1.82) is 0 Å². The van der Waals surface area contributed by atoms with Gasteiger partial charge in [-0.2, -0.15) is 0 Å². The number of hydrogen-bond acceptors (Lipinski definition) is 3. The minimum atomic E-state index is -0.0285. The van der Waals surface area contributed by atoms with Crippen LogP contribution in [0.5, 0.6) is 0 Å². The second kappa shape index (κ2) is 12.8. The lowest BCUT2D eigenvalue weighted by molar-refractivity contribution is -0.119. The van der Waals surface area contributed by atoms with Gasteiger partial charge in [-0.25, -0.2) is 0 Å². The van der Waals surface area contributed by atoms with Crippen molar-refractivity contribution in [2.45, 2.75) is 40.5 Å². The van der Waals surface area contributed by atoms with Crippen LogP contribution in [0, 0.1) is 0 Å². The van der Waals surface area contributed by atoms with Crippen LogP contribution in [-0.2, 0) is 11.2 Å². The predicted octanol–water partition coefficient (Wildman–Crippen LogP) is 5.00. The topological polar surface area (TPSA) is 61.7 Å². The van der Waals surface area contributed by atoms with Crippen LogP contribution in [0.25, 0.3) is 0 Å². The van der Waals surface area contributed by atoms with E-state index in [9.17, 15) is 4.79 Å². The second-order valence-corrected chi connectivity index (χ2v) is 5.54. The summed E-state index contributed by atoms with van der Waals surface area (Å²) in [5.41, 5.74) is 3.65. The van der Waals surface area contributed by atoms with Gasteiger partial charge in [-0.1, -0.05) is 55.5 Å². The fourth-order valence-corrected chi connectivity index (χ4v) is 2.17. The van der Waals surface area contributed by atoms with Crippen molar-refractivity contribution in [2.75, 3.05) is 7.05 Å². The van der Waals surface area contributed by atoms with Gasteiger partial charge < -0.3 is 10.4 Å². The smallest absolute Gasteiger partial charge is 0.228 e. The van der Waals surface area contributed by atoms with Crippen LogP contribution in [0.4, 0.5) is 0 Å². The molecule has 1 rings (SSSR count). The molecule has 0 saturated carbocycles. The minimum absolute atomic E-state index is 0. The molecule has 0 unspecified atom stereocenters. The lowest BCUT2D eigenvalue weighted by atomic mass is 10.1. The van der Waals surface area contributed by atoms with Gasteiger partial charge in [-0.3, -0.25) is 9.79 Å². The number of carbonyl (C=O) groups excluding carboxylic acids is 1. The zero-order valence-electron chi connectivity index (χ0n) is 16.0. The van der Waals surface area contributed by atoms with Crippen molar-refractivity contribution in [2.24, 2.45) is 4.99 Å². The maximum atomic E-state index is 11.6. The quantitative estimate of drug-likeness (QED) is 0.433. The van der Waals surface area contributed by atoms with Crippen LogP contribution in [0.1, 0.15) is 41.1 Å². The Balaban J connectivity index is 0. The molecule has 1 aromatic rings. The molecule has 0 aliphatic heterocycles. The van der Waals surface area contributed by atoms with Crippen LogP contribution >= 0.6 is 0 Å². The first-order valence-corrected chi connectivity index (χ1v) is 8.32. The summed E-state index contributed by atoms with van der Waals surface area (Å²) in [6.45, 7) is 11.2. The van der Waals surface area contributed by atoms with Crippen LogP contribution in [0.15, 0.2) is 70.6 Å². The van der Waals surface area contributed by atoms with E-state index in [1.165, 1.54) is 0 Å². The van der Waals surface area contributed by atoms with Crippen molar-refractivity contribution in [3.8, 4) is 0 Å². The van der Waals surface area contributed by atoms with Crippen LogP contribution in [0.2, 0.25) is 0 Å². The van der Waals surface area contributed by atoms with E-state index < -0.39 is 0 Å². The maximum absolute atomic E-state index is 11.6. The van der Waals surface area contributed by atoms with Crippen molar-refractivity contribution in [1.82, 2.24) is 5.32 Å². The van der Waals surface area contributed by atoms with E-state index in [2.05, 4.69) is 16.9 Å². The average molecular weight is 344 g/mol. The first-order chi connectivity index (χ1) is 11.8. The summed E-state index contributed by atoms with van der Waals surface area (Å²) >= 11 is 0. The molecule has 1 amide bonds. The van der Waals surface area contributed by atoms with Gasteiger partial charge in [0.25, 0.3) is 0 Å². The number of rotatable bonds is 6. The molecule has 4 heteroatoms. The predicted molar refractivity (Wildman–Crippen MR) is 109 cm³/mol. The Labute approximate surface area is 153 Å². The molecule has 0 saturated heterocycles. The number of nitrogens with zero attached hydrogens (tertiary/aromatic N) is 1. The molecule has 0 aliphatic carbocycles. The third-order valence-corrected chi connectivity index (χ3v) is 3.38. The summed E-state index contributed by atoms with van der Waals surface area (Å²) in [7, 11) is 1.67. The van der Waals surface area contributed by atoms with Crippen molar-refractivity contribution >= 4 is 12.1 Å². The highest BCUT2D eigenvalue weighted by atomic mass is 16.3. The molecule has 0 fully saturated rings. The van der Waals surface area contributed by atoms with E-state index in [1.54, 1.807) is 20.2 Å². The summed E-state index contributed by atoms with van der Waals surface area (Å²) < 4.78 is 0. The van der Waals surface area contributed by atoms with E-state index in [0.29, 0.717) is 12.2 Å². The lowest BCUT2D eigenvalue weighted by Gasteiger charge is -2.04. The Kier molecular flexibility index (Phi) is 11.4. The SMILES string of the molecule is C/C=C(\C=NC)NC(=O)Cc1ccccc1.C=C(C)/C(CC)=C(/C)O.[HH]. The highest BCUT2D eigenvalue weighted by Crippen LogP contribution is 2.13. The van der Waals surface area contributed by atoms with Crippen LogP contribution < -0.4 is 5.32 Å². The minimum Gasteiger partial charge on any atom is -0.512 e. The van der Waals surface area contributed by atoms with Gasteiger partial charge in [0.2, 0.25) is 5.91 Å². The molecular weight excluding hydrogens is 312 g/mol. The van der Waals surface area contributed by atoms with Gasteiger partial charge in [0.1, 0.15) is 0 Å². The van der Waals surface area contributed by atoms with Gasteiger partial charge in [0.15, 0.2) is 0 Å². The van der Waals surface area contributed by atoms with Gasteiger partial charge >= 0.3 is 0 Å². The van der Waals surface area contributed by atoms with Crippen molar-refractivity contribution in [3.63, 3.8) is 0 Å². The maximum Gasteiger partial charge on any atom is 0.228 e. The largest absolute Gasteiger partial charge is 0.512 e. The molecule has 138 valence electrons. The van der Waals surface area contributed by atoms with E-state index in [-0.39, 0.29) is 7.33 Å². The van der Waals surface area contributed by atoms with Gasteiger partial charge in [-0.05, 0) is 38.3 Å². The number of benzene rings is 1. The standard InChI is InChI=1S/C13H16N2O.C8H14O.H2/c1-3-12(10-14-2)15-13(16)9-11-7-5-4-6-8-11;1-5-8(6(2)3)7(4)9;/h3-8,10H,9H2,1-2H3,(H,15,16);9H,2,5H2,1,3-4H3;1H/b12-3+,14-10?;8-7-;. The number of hydrogen-bond donors (Lipinski definition) is 2. The summed E-state index contributed by atoms with van der Waals surface area (Å²) in [4.78, 5) is 15.5. The molecule has 0 bridgehead atoms. The first kappa shape index (κ1) is 22.4. The molecule has 0 spiro atoms. The molecule has 0 atom stereocenters. The number of carbonyl (C=O) groups is 1. The van der Waals surface area contributed by atoms with Gasteiger partial charge in [-0.15, -0.1) is 0 Å². The third kappa shape index (κ3) is 9.97. The number of aliphatic hydroxyl groups excluding tert-OH is 1. The van der Waals surface area contributed by atoms with Crippen molar-refractivity contribution in [3.05, 3.63) is 71.2 Å². The number of aliphatic hydroxyl groups is 1. The zero-order chi connectivity index (χ0) is 19.2. The average Bonchev–Trinajstić information content (AvgIpc) is 2.55. The zero-order valence-corrected chi connectivity index (χ0v) is 16.0. The number of allylic oxidation sites excluding steroid dienone is 5. The highest BCUT2D eigenvalue weighted by molar-refractivity contribution is 5.88. The number of nitrogens with one attached hydrogen (secondary N) is 1. The summed E-state index contributed by atoms with van der Waals surface area (Å²) in [6, 6.07) is 9.65. The fourth-order valence-electron chi connectivity index (χ4n) is 2.17. The Morgan fingerprint density at radius 2 is 1.92 bits per heavy atom. The highest BCUT2D eigenvalue weighted by Gasteiger charge is 2.03. The van der Waals surface area contributed by atoms with Crippen LogP contribution in [-0.4, -0.2) is 24.3 Å². The molecule has 0 aromatic heterocycles. The Bertz CT molecular complexity index is 643. The molecule has 4 nitrogen and oxygen atoms in total. The van der Waals surface area contributed by atoms with E-state index >= 15 is 0 Å². The monoisotopic (exact) mass is 344 g/mol. The Hall–Kier alpha value is -2.62. The molecule has 0 heterocycles. The van der Waals surface area contributed by atoms with E-state index in [4.69, 9.17) is 5.11 Å². The number of aliphatic imine (C=N–C) groups is 1. The second-order valence-electron chi connectivity index (χ2n) is 5.54. The molecule has 25 heavy (non-hydrogen) atoms. The summed E-state index contributed by atoms with van der Waals surface area (Å²) in [5.74, 6) is 0.365. The van der Waals surface area contributed by atoms with Crippen molar-refractivity contribution < 1.29 is 11.3 Å².